The molecule has 3 amide bonds. The summed E-state index contributed by atoms with van der Waals surface area (Å²) in [4.78, 5) is 50.6. The first kappa shape index (κ1) is 29.6. The minimum atomic E-state index is -1.19. The Labute approximate surface area is 249 Å². The third-order valence-corrected chi connectivity index (χ3v) is 7.78. The summed E-state index contributed by atoms with van der Waals surface area (Å²) in [6, 6.07) is 21.6. The molecule has 0 bridgehead atoms. The standard InChI is InChI=1S/C30H24ClN3O5S2/c1-18(27(35)33-22-9-12-25(31)24(16-22)30(38)39)41-23-10-7-21(8-11-23)32-29(37)26(15-19-13-14-40-17-19)34-28(36)20-5-3-2-4-6-20/h2-18H,1H3,(H,32,37)(H,33,35)(H,34,36)(H,38,39)/b26-15-. The van der Waals surface area contributed by atoms with E-state index in [0.717, 1.165) is 10.5 Å². The zero-order chi connectivity index (χ0) is 29.4. The molecule has 4 N–H and O–H groups in total. The Hall–Kier alpha value is -4.38. The number of anilines is 2. The topological polar surface area (TPSA) is 125 Å². The SMILES string of the molecule is CC(Sc1ccc(NC(=O)/C(=C/c2ccsc2)NC(=O)c2ccccc2)cc1)C(=O)Nc1ccc(Cl)c(C(=O)O)c1. The molecule has 11 heteroatoms. The number of hydrogen-bond acceptors (Lipinski definition) is 6. The van der Waals surface area contributed by atoms with Gasteiger partial charge in [0, 0.05) is 21.8 Å². The molecule has 1 aromatic heterocycles. The van der Waals surface area contributed by atoms with E-state index in [4.69, 9.17) is 11.6 Å². The molecule has 41 heavy (non-hydrogen) atoms. The largest absolute Gasteiger partial charge is 0.478 e. The summed E-state index contributed by atoms with van der Waals surface area (Å²) < 4.78 is 0. The minimum absolute atomic E-state index is 0.0813. The number of amides is 3. The lowest BCUT2D eigenvalue weighted by atomic mass is 10.2. The van der Waals surface area contributed by atoms with Crippen LogP contribution in [0.25, 0.3) is 6.08 Å². The predicted octanol–water partition coefficient (Wildman–Crippen LogP) is 6.63. The van der Waals surface area contributed by atoms with Gasteiger partial charge in [-0.2, -0.15) is 11.3 Å². The Bertz CT molecular complexity index is 1590. The highest BCUT2D eigenvalue weighted by Gasteiger charge is 2.18. The number of carboxylic acids is 1. The molecule has 0 fully saturated rings. The predicted molar refractivity (Wildman–Crippen MR) is 164 cm³/mol. The molecular formula is C30H24ClN3O5S2. The van der Waals surface area contributed by atoms with Gasteiger partial charge in [-0.15, -0.1) is 11.8 Å². The van der Waals surface area contributed by atoms with E-state index in [0.29, 0.717) is 16.9 Å². The van der Waals surface area contributed by atoms with Gasteiger partial charge in [-0.25, -0.2) is 4.79 Å². The van der Waals surface area contributed by atoms with Crippen molar-refractivity contribution in [2.75, 3.05) is 10.6 Å². The van der Waals surface area contributed by atoms with Gasteiger partial charge >= 0.3 is 5.97 Å². The van der Waals surface area contributed by atoms with Crippen molar-refractivity contribution in [2.24, 2.45) is 0 Å². The van der Waals surface area contributed by atoms with Gasteiger partial charge < -0.3 is 21.1 Å². The molecule has 8 nitrogen and oxygen atoms in total. The van der Waals surface area contributed by atoms with Crippen molar-refractivity contribution in [3.05, 3.63) is 117 Å². The number of nitrogens with one attached hydrogen (secondary N) is 3. The first-order valence-electron chi connectivity index (χ1n) is 12.2. The van der Waals surface area contributed by atoms with Gasteiger partial charge in [0.25, 0.3) is 11.8 Å². The molecule has 0 radical (unpaired) electrons. The first-order valence-corrected chi connectivity index (χ1v) is 14.4. The van der Waals surface area contributed by atoms with Crippen LogP contribution in [-0.2, 0) is 9.59 Å². The van der Waals surface area contributed by atoms with Crippen LogP contribution in [0.1, 0.15) is 33.2 Å². The number of benzene rings is 3. The summed E-state index contributed by atoms with van der Waals surface area (Å²) in [5.74, 6) is -2.40. The Kier molecular flexibility index (Phi) is 9.96. The number of rotatable bonds is 10. The van der Waals surface area contributed by atoms with Gasteiger partial charge in [-0.05, 0) is 90.0 Å². The van der Waals surface area contributed by atoms with E-state index >= 15 is 0 Å². The summed E-state index contributed by atoms with van der Waals surface area (Å²) in [5, 5.41) is 20.7. The number of halogens is 1. The number of carbonyl (C=O) groups excluding carboxylic acids is 3. The number of carbonyl (C=O) groups is 4. The van der Waals surface area contributed by atoms with E-state index in [1.54, 1.807) is 67.6 Å². The Morgan fingerprint density at radius 1 is 0.927 bits per heavy atom. The van der Waals surface area contributed by atoms with Gasteiger partial charge in [0.05, 0.1) is 15.8 Å². The van der Waals surface area contributed by atoms with Crippen LogP contribution in [0.4, 0.5) is 11.4 Å². The van der Waals surface area contributed by atoms with Gasteiger partial charge in [0.15, 0.2) is 0 Å². The van der Waals surface area contributed by atoms with E-state index < -0.39 is 23.0 Å². The van der Waals surface area contributed by atoms with Crippen molar-refractivity contribution >= 4 is 75.8 Å². The van der Waals surface area contributed by atoms with Gasteiger partial charge in [-0.3, -0.25) is 14.4 Å². The third kappa shape index (κ3) is 8.31. The van der Waals surface area contributed by atoms with Crippen LogP contribution in [0.5, 0.6) is 0 Å². The van der Waals surface area contributed by atoms with E-state index in [9.17, 15) is 24.3 Å². The fourth-order valence-electron chi connectivity index (χ4n) is 3.55. The number of carboxylic acid groups (broad SMARTS) is 1. The lowest BCUT2D eigenvalue weighted by Crippen LogP contribution is -2.30. The second kappa shape index (κ2) is 13.8. The average molecular weight is 606 g/mol. The molecule has 0 spiro atoms. The fraction of sp³-hybridized carbons (Fsp3) is 0.0667. The second-order valence-electron chi connectivity index (χ2n) is 8.66. The number of aromatic carboxylic acids is 1. The van der Waals surface area contributed by atoms with Crippen molar-refractivity contribution in [3.8, 4) is 0 Å². The van der Waals surface area contributed by atoms with Crippen molar-refractivity contribution in [3.63, 3.8) is 0 Å². The second-order valence-corrected chi connectivity index (χ2v) is 11.3. The quantitative estimate of drug-likeness (QED) is 0.119. The molecule has 4 rings (SSSR count). The molecular weight excluding hydrogens is 582 g/mol. The number of thiophene rings is 1. The van der Waals surface area contributed by atoms with Crippen LogP contribution in [0.15, 0.2) is 100 Å². The molecule has 1 unspecified atom stereocenters. The number of hydrogen-bond donors (Lipinski definition) is 4. The molecule has 0 aliphatic heterocycles. The van der Waals surface area contributed by atoms with Crippen LogP contribution in [0.2, 0.25) is 5.02 Å². The zero-order valence-corrected chi connectivity index (χ0v) is 24.0. The van der Waals surface area contributed by atoms with Crippen molar-refractivity contribution < 1.29 is 24.3 Å². The van der Waals surface area contributed by atoms with Gasteiger partial charge in [0.1, 0.15) is 5.70 Å². The van der Waals surface area contributed by atoms with Crippen LogP contribution < -0.4 is 16.0 Å². The van der Waals surface area contributed by atoms with Crippen molar-refractivity contribution in [1.82, 2.24) is 5.32 Å². The highest BCUT2D eigenvalue weighted by atomic mass is 35.5. The summed E-state index contributed by atoms with van der Waals surface area (Å²) in [6.45, 7) is 1.72. The first-order chi connectivity index (χ1) is 19.7. The molecule has 1 atom stereocenters. The molecule has 0 saturated carbocycles. The Morgan fingerprint density at radius 3 is 2.29 bits per heavy atom. The Balaban J connectivity index is 1.39. The maximum atomic E-state index is 13.1. The molecule has 0 aliphatic carbocycles. The molecule has 3 aromatic carbocycles. The van der Waals surface area contributed by atoms with Gasteiger partial charge in [0.2, 0.25) is 5.91 Å². The lowest BCUT2D eigenvalue weighted by molar-refractivity contribution is -0.115. The van der Waals surface area contributed by atoms with Crippen molar-refractivity contribution in [2.45, 2.75) is 17.1 Å². The molecule has 4 aromatic rings. The summed E-state index contributed by atoms with van der Waals surface area (Å²) >= 11 is 8.66. The monoisotopic (exact) mass is 605 g/mol. The minimum Gasteiger partial charge on any atom is -0.478 e. The van der Waals surface area contributed by atoms with Crippen LogP contribution in [0.3, 0.4) is 0 Å². The van der Waals surface area contributed by atoms with E-state index in [1.807, 2.05) is 16.8 Å². The summed E-state index contributed by atoms with van der Waals surface area (Å²) in [7, 11) is 0. The molecule has 208 valence electrons. The van der Waals surface area contributed by atoms with Gasteiger partial charge in [-0.1, -0.05) is 29.8 Å². The maximum absolute atomic E-state index is 13.1. The molecule has 0 aliphatic rings. The van der Waals surface area contributed by atoms with E-state index in [2.05, 4.69) is 16.0 Å². The van der Waals surface area contributed by atoms with Crippen molar-refractivity contribution in [1.29, 1.82) is 0 Å². The molecule has 1 heterocycles. The Morgan fingerprint density at radius 2 is 1.63 bits per heavy atom. The van der Waals surface area contributed by atoms with E-state index in [-0.39, 0.29) is 22.2 Å². The third-order valence-electron chi connectivity index (χ3n) is 5.64. The average Bonchev–Trinajstić information content (AvgIpc) is 3.48. The van der Waals surface area contributed by atoms with E-state index in [1.165, 1.54) is 41.3 Å². The highest BCUT2D eigenvalue weighted by molar-refractivity contribution is 8.00. The summed E-state index contributed by atoms with van der Waals surface area (Å²) in [6.07, 6.45) is 1.61. The highest BCUT2D eigenvalue weighted by Crippen LogP contribution is 2.27. The molecule has 0 saturated heterocycles. The lowest BCUT2D eigenvalue weighted by Gasteiger charge is -2.14. The smallest absolute Gasteiger partial charge is 0.337 e. The van der Waals surface area contributed by atoms with Crippen LogP contribution in [0, 0.1) is 0 Å². The maximum Gasteiger partial charge on any atom is 0.337 e. The normalized spacial score (nSPS) is 11.8. The van der Waals surface area contributed by atoms with Crippen LogP contribution in [-0.4, -0.2) is 34.0 Å². The van der Waals surface area contributed by atoms with Crippen LogP contribution >= 0.6 is 34.7 Å². The number of thioether (sulfide) groups is 1. The zero-order valence-electron chi connectivity index (χ0n) is 21.6. The fourth-order valence-corrected chi connectivity index (χ4v) is 5.23. The summed E-state index contributed by atoms with van der Waals surface area (Å²) in [5.41, 5.74) is 2.03.